The molecule has 0 bridgehead atoms. The third-order valence-corrected chi connectivity index (χ3v) is 4.03. The Labute approximate surface area is 128 Å². The van der Waals surface area contributed by atoms with E-state index in [0.29, 0.717) is 0 Å². The summed E-state index contributed by atoms with van der Waals surface area (Å²) in [7, 11) is 0. The minimum atomic E-state index is -0.412. The molecule has 1 rings (SSSR count). The van der Waals surface area contributed by atoms with E-state index in [-0.39, 0.29) is 12.1 Å². The number of carbonyl (C=O) groups excluding carboxylic acids is 1. The molecule has 1 saturated heterocycles. The molecule has 118 valence electrons. The van der Waals surface area contributed by atoms with E-state index in [2.05, 4.69) is 11.6 Å². The molecule has 5 heteroatoms. The van der Waals surface area contributed by atoms with E-state index in [9.17, 15) is 4.79 Å². The minimum absolute atomic E-state index is 0.159. The first-order valence-electron chi connectivity index (χ1n) is 7.63. The van der Waals surface area contributed by atoms with Gasteiger partial charge in [0.2, 0.25) is 0 Å². The number of piperidine rings is 1. The summed E-state index contributed by atoms with van der Waals surface area (Å²) in [4.78, 5) is 14.1. The summed E-state index contributed by atoms with van der Waals surface area (Å²) < 4.78 is 5.51. The molecule has 1 unspecified atom stereocenters. The third-order valence-electron chi connectivity index (χ3n) is 3.34. The highest BCUT2D eigenvalue weighted by Gasteiger charge is 2.29. The number of hydrogen-bond acceptors (Lipinski definition) is 4. The molecule has 0 aromatic rings. The van der Waals surface area contributed by atoms with Crippen LogP contribution >= 0.6 is 11.8 Å². The number of hydrogen-bond donors (Lipinski definition) is 1. The van der Waals surface area contributed by atoms with E-state index in [1.165, 1.54) is 18.6 Å². The maximum atomic E-state index is 12.2. The lowest BCUT2D eigenvalue weighted by molar-refractivity contribution is 0.00999. The Hall–Kier alpha value is -0.420. The second kappa shape index (κ2) is 8.78. The van der Waals surface area contributed by atoms with E-state index in [4.69, 9.17) is 4.74 Å². The molecule has 0 aromatic heterocycles. The van der Waals surface area contributed by atoms with Gasteiger partial charge >= 0.3 is 6.09 Å². The summed E-state index contributed by atoms with van der Waals surface area (Å²) in [6.45, 7) is 8.50. The van der Waals surface area contributed by atoms with Crippen molar-refractivity contribution >= 4 is 17.9 Å². The molecule has 1 N–H and O–H groups in total. The number of nitrogens with zero attached hydrogens (tertiary/aromatic N) is 1. The van der Waals surface area contributed by atoms with Gasteiger partial charge in [-0.3, -0.25) is 0 Å². The van der Waals surface area contributed by atoms with Crippen LogP contribution in [0.1, 0.15) is 46.5 Å². The van der Waals surface area contributed by atoms with Gasteiger partial charge in [-0.15, -0.1) is 0 Å². The van der Waals surface area contributed by atoms with Crippen molar-refractivity contribution in [2.75, 3.05) is 31.6 Å². The topological polar surface area (TPSA) is 41.6 Å². The average molecular weight is 302 g/mol. The fourth-order valence-corrected chi connectivity index (χ4v) is 2.82. The van der Waals surface area contributed by atoms with Crippen molar-refractivity contribution in [1.82, 2.24) is 10.2 Å². The van der Waals surface area contributed by atoms with E-state index in [1.807, 2.05) is 37.4 Å². The van der Waals surface area contributed by atoms with Gasteiger partial charge in [0.15, 0.2) is 0 Å². The van der Waals surface area contributed by atoms with Gasteiger partial charge in [-0.2, -0.15) is 11.8 Å². The summed E-state index contributed by atoms with van der Waals surface area (Å²) >= 11 is 1.87. The molecular weight excluding hydrogens is 272 g/mol. The van der Waals surface area contributed by atoms with Crippen LogP contribution in [0.25, 0.3) is 0 Å². The second-order valence-corrected chi connectivity index (χ2v) is 7.36. The molecule has 0 aliphatic carbocycles. The fourth-order valence-electron chi connectivity index (χ4n) is 2.38. The van der Waals surface area contributed by atoms with Crippen molar-refractivity contribution in [3.8, 4) is 0 Å². The van der Waals surface area contributed by atoms with E-state index < -0.39 is 5.60 Å². The SMILES string of the molecule is CSCCCNCC1CCCCN1C(=O)OC(C)(C)C. The Kier molecular flexibility index (Phi) is 7.74. The van der Waals surface area contributed by atoms with Gasteiger partial charge in [0, 0.05) is 19.1 Å². The zero-order valence-electron chi connectivity index (χ0n) is 13.4. The van der Waals surface area contributed by atoms with Crippen LogP contribution in [0.3, 0.4) is 0 Å². The second-order valence-electron chi connectivity index (χ2n) is 6.37. The molecule has 0 spiro atoms. The highest BCUT2D eigenvalue weighted by Crippen LogP contribution is 2.20. The first-order chi connectivity index (χ1) is 9.44. The summed E-state index contributed by atoms with van der Waals surface area (Å²) in [5, 5.41) is 3.47. The number of likely N-dealkylation sites (tertiary alicyclic amines) is 1. The number of rotatable bonds is 6. The van der Waals surface area contributed by atoms with Gasteiger partial charge in [-0.05, 0) is 65.0 Å². The first kappa shape index (κ1) is 17.6. The predicted octanol–water partition coefficient (Wildman–Crippen LogP) is 3.12. The standard InChI is InChI=1S/C15H30N2O2S/c1-15(2,3)19-14(18)17-10-6-5-8-13(17)12-16-9-7-11-20-4/h13,16H,5-12H2,1-4H3. The maximum Gasteiger partial charge on any atom is 0.410 e. The normalized spacial score (nSPS) is 20.0. The quantitative estimate of drug-likeness (QED) is 0.766. The van der Waals surface area contributed by atoms with Crippen LogP contribution in [0.5, 0.6) is 0 Å². The summed E-state index contributed by atoms with van der Waals surface area (Å²) in [5.74, 6) is 1.19. The van der Waals surface area contributed by atoms with E-state index in [0.717, 1.165) is 32.5 Å². The van der Waals surface area contributed by atoms with E-state index in [1.54, 1.807) is 0 Å². The van der Waals surface area contributed by atoms with Crippen LogP contribution in [0.2, 0.25) is 0 Å². The van der Waals surface area contributed by atoms with Crippen LogP contribution < -0.4 is 5.32 Å². The van der Waals surface area contributed by atoms with Crippen LogP contribution in [-0.4, -0.2) is 54.3 Å². The highest BCUT2D eigenvalue weighted by molar-refractivity contribution is 7.98. The molecule has 0 saturated carbocycles. The molecule has 0 radical (unpaired) electrons. The highest BCUT2D eigenvalue weighted by atomic mass is 32.2. The largest absolute Gasteiger partial charge is 0.444 e. The summed E-state index contributed by atoms with van der Waals surface area (Å²) in [5.41, 5.74) is -0.412. The van der Waals surface area contributed by atoms with Crippen molar-refractivity contribution in [3.63, 3.8) is 0 Å². The van der Waals surface area contributed by atoms with Gasteiger partial charge in [-0.25, -0.2) is 4.79 Å². The van der Waals surface area contributed by atoms with Gasteiger partial charge in [0.05, 0.1) is 0 Å². The Balaban J connectivity index is 2.39. The molecular formula is C15H30N2O2S. The lowest BCUT2D eigenvalue weighted by atomic mass is 10.0. The van der Waals surface area contributed by atoms with Crippen LogP contribution in [-0.2, 0) is 4.74 Å². The molecule has 4 nitrogen and oxygen atoms in total. The molecule has 1 amide bonds. The Morgan fingerprint density at radius 3 is 2.80 bits per heavy atom. The van der Waals surface area contributed by atoms with Crippen molar-refractivity contribution in [2.45, 2.75) is 58.1 Å². The average Bonchev–Trinajstić information content (AvgIpc) is 2.37. The molecule has 0 aromatic carbocycles. The number of amides is 1. The molecule has 1 aliphatic heterocycles. The zero-order chi connectivity index (χ0) is 15.0. The van der Waals surface area contributed by atoms with Gasteiger partial charge < -0.3 is 15.0 Å². The van der Waals surface area contributed by atoms with Crippen LogP contribution in [0, 0.1) is 0 Å². The van der Waals surface area contributed by atoms with Crippen molar-refractivity contribution in [1.29, 1.82) is 0 Å². The number of ether oxygens (including phenoxy) is 1. The Bertz CT molecular complexity index is 292. The zero-order valence-corrected chi connectivity index (χ0v) is 14.2. The maximum absolute atomic E-state index is 12.2. The predicted molar refractivity (Wildman–Crippen MR) is 86.4 cm³/mol. The molecule has 1 fully saturated rings. The van der Waals surface area contributed by atoms with Gasteiger partial charge in [-0.1, -0.05) is 0 Å². The fraction of sp³-hybridized carbons (Fsp3) is 0.933. The molecule has 1 heterocycles. The molecule has 20 heavy (non-hydrogen) atoms. The third kappa shape index (κ3) is 6.84. The smallest absolute Gasteiger partial charge is 0.410 e. The summed E-state index contributed by atoms with van der Waals surface area (Å²) in [6.07, 6.45) is 6.52. The Morgan fingerprint density at radius 1 is 1.40 bits per heavy atom. The lowest BCUT2D eigenvalue weighted by Gasteiger charge is -2.37. The van der Waals surface area contributed by atoms with Crippen LogP contribution in [0.15, 0.2) is 0 Å². The molecule has 1 atom stereocenters. The number of thioether (sulfide) groups is 1. The summed E-state index contributed by atoms with van der Waals surface area (Å²) in [6, 6.07) is 0.285. The first-order valence-corrected chi connectivity index (χ1v) is 9.02. The number of carbonyl (C=O) groups is 1. The van der Waals surface area contributed by atoms with E-state index >= 15 is 0 Å². The minimum Gasteiger partial charge on any atom is -0.444 e. The Morgan fingerprint density at radius 2 is 2.15 bits per heavy atom. The van der Waals surface area contributed by atoms with Crippen molar-refractivity contribution in [2.24, 2.45) is 0 Å². The van der Waals surface area contributed by atoms with Gasteiger partial charge in [0.25, 0.3) is 0 Å². The number of nitrogens with one attached hydrogen (secondary N) is 1. The monoisotopic (exact) mass is 302 g/mol. The van der Waals surface area contributed by atoms with Crippen LogP contribution in [0.4, 0.5) is 4.79 Å². The van der Waals surface area contributed by atoms with Crippen molar-refractivity contribution < 1.29 is 9.53 Å². The lowest BCUT2D eigenvalue weighted by Crippen LogP contribution is -2.50. The molecule has 1 aliphatic rings. The van der Waals surface area contributed by atoms with Crippen molar-refractivity contribution in [3.05, 3.63) is 0 Å². The van der Waals surface area contributed by atoms with Gasteiger partial charge in [0.1, 0.15) is 5.60 Å².